The molecule has 5 heteroatoms. The number of rotatable bonds is 6. The van der Waals surface area contributed by atoms with Crippen LogP contribution in [0.4, 0.5) is 0 Å². The van der Waals surface area contributed by atoms with Crippen molar-refractivity contribution in [3.63, 3.8) is 0 Å². The Kier molecular flexibility index (Phi) is 5.42. The van der Waals surface area contributed by atoms with Crippen LogP contribution in [0.2, 0.25) is 0 Å². The van der Waals surface area contributed by atoms with Gasteiger partial charge >= 0.3 is 5.97 Å². The maximum atomic E-state index is 11.3. The molecule has 16 heavy (non-hydrogen) atoms. The first kappa shape index (κ1) is 13.1. The van der Waals surface area contributed by atoms with Crippen LogP contribution in [-0.4, -0.2) is 30.1 Å². The number of esters is 1. The first-order valence-electron chi connectivity index (χ1n) is 5.48. The summed E-state index contributed by atoms with van der Waals surface area (Å²) in [5, 5.41) is 6.03. The smallest absolute Gasteiger partial charge is 0.357 e. The van der Waals surface area contributed by atoms with E-state index in [0.29, 0.717) is 18.3 Å². The maximum absolute atomic E-state index is 11.3. The van der Waals surface area contributed by atoms with Crippen LogP contribution < -0.4 is 5.32 Å². The predicted octanol–water partition coefficient (Wildman–Crippen LogP) is 1.86. The van der Waals surface area contributed by atoms with E-state index in [4.69, 9.17) is 4.74 Å². The van der Waals surface area contributed by atoms with Crippen molar-refractivity contribution in [2.75, 3.05) is 13.2 Å². The Labute approximate surface area is 100 Å². The average Bonchev–Trinajstić information content (AvgIpc) is 2.66. The van der Waals surface area contributed by atoms with Gasteiger partial charge in [0.25, 0.3) is 0 Å². The summed E-state index contributed by atoms with van der Waals surface area (Å²) in [7, 11) is 0. The van der Waals surface area contributed by atoms with Gasteiger partial charge in [0.1, 0.15) is 0 Å². The molecule has 1 rings (SSSR count). The first-order chi connectivity index (χ1) is 7.63. The van der Waals surface area contributed by atoms with Crippen molar-refractivity contribution in [3.8, 4) is 0 Å². The van der Waals surface area contributed by atoms with Gasteiger partial charge in [0.2, 0.25) is 0 Å². The normalized spacial score (nSPS) is 10.8. The van der Waals surface area contributed by atoms with E-state index in [2.05, 4.69) is 24.1 Å². The predicted molar refractivity (Wildman–Crippen MR) is 64.9 cm³/mol. The second kappa shape index (κ2) is 6.60. The standard InChI is InChI=1S/C11H18N2O2S/c1-4-15-11(14)9-7-16-10(13-9)5-6-12-8(2)3/h7-8,12H,4-6H2,1-3H3. The minimum absolute atomic E-state index is 0.332. The quantitative estimate of drug-likeness (QED) is 0.774. The molecular weight excluding hydrogens is 224 g/mol. The Bertz CT molecular complexity index is 336. The van der Waals surface area contributed by atoms with E-state index in [9.17, 15) is 4.79 Å². The number of ether oxygens (including phenoxy) is 1. The van der Waals surface area contributed by atoms with Crippen molar-refractivity contribution in [1.82, 2.24) is 10.3 Å². The summed E-state index contributed by atoms with van der Waals surface area (Å²) in [4.78, 5) is 15.6. The topological polar surface area (TPSA) is 51.2 Å². The molecule has 0 fully saturated rings. The molecule has 1 N–H and O–H groups in total. The van der Waals surface area contributed by atoms with Crippen molar-refractivity contribution in [2.45, 2.75) is 33.2 Å². The summed E-state index contributed by atoms with van der Waals surface area (Å²) < 4.78 is 4.87. The monoisotopic (exact) mass is 242 g/mol. The van der Waals surface area contributed by atoms with Crippen LogP contribution in [0.25, 0.3) is 0 Å². The lowest BCUT2D eigenvalue weighted by Crippen LogP contribution is -2.24. The Morgan fingerprint density at radius 3 is 3.00 bits per heavy atom. The number of carbonyl (C=O) groups excluding carboxylic acids is 1. The molecule has 0 bridgehead atoms. The van der Waals surface area contributed by atoms with E-state index in [-0.39, 0.29) is 5.97 Å². The van der Waals surface area contributed by atoms with Crippen LogP contribution in [-0.2, 0) is 11.2 Å². The van der Waals surface area contributed by atoms with Gasteiger partial charge in [-0.1, -0.05) is 13.8 Å². The van der Waals surface area contributed by atoms with Crippen LogP contribution in [0.1, 0.15) is 36.3 Å². The zero-order chi connectivity index (χ0) is 12.0. The van der Waals surface area contributed by atoms with Crippen LogP contribution in [0, 0.1) is 0 Å². The van der Waals surface area contributed by atoms with E-state index >= 15 is 0 Å². The fourth-order valence-electron chi connectivity index (χ4n) is 1.19. The first-order valence-corrected chi connectivity index (χ1v) is 6.36. The Morgan fingerprint density at radius 1 is 1.62 bits per heavy atom. The second-order valence-electron chi connectivity index (χ2n) is 3.71. The molecule has 90 valence electrons. The molecule has 0 aliphatic heterocycles. The van der Waals surface area contributed by atoms with Gasteiger partial charge in [0.15, 0.2) is 5.69 Å². The van der Waals surface area contributed by atoms with E-state index in [0.717, 1.165) is 18.0 Å². The number of hydrogen-bond donors (Lipinski definition) is 1. The molecule has 0 spiro atoms. The third-order valence-corrected chi connectivity index (χ3v) is 2.84. The lowest BCUT2D eigenvalue weighted by atomic mass is 10.3. The van der Waals surface area contributed by atoms with Crippen molar-refractivity contribution in [1.29, 1.82) is 0 Å². The minimum Gasteiger partial charge on any atom is -0.461 e. The number of nitrogens with zero attached hydrogens (tertiary/aromatic N) is 1. The highest BCUT2D eigenvalue weighted by molar-refractivity contribution is 7.09. The molecule has 1 aromatic heterocycles. The molecule has 0 unspecified atom stereocenters. The van der Waals surface area contributed by atoms with E-state index in [1.54, 1.807) is 12.3 Å². The van der Waals surface area contributed by atoms with E-state index in [1.807, 2.05) is 0 Å². The summed E-state index contributed by atoms with van der Waals surface area (Å²) in [6.07, 6.45) is 0.849. The fraction of sp³-hybridized carbons (Fsp3) is 0.636. The Morgan fingerprint density at radius 2 is 2.38 bits per heavy atom. The average molecular weight is 242 g/mol. The lowest BCUT2D eigenvalue weighted by molar-refractivity contribution is 0.0520. The van der Waals surface area contributed by atoms with Crippen molar-refractivity contribution < 1.29 is 9.53 Å². The number of carbonyl (C=O) groups is 1. The zero-order valence-electron chi connectivity index (χ0n) is 9.95. The van der Waals surface area contributed by atoms with Crippen LogP contribution >= 0.6 is 11.3 Å². The number of nitrogens with one attached hydrogen (secondary N) is 1. The third kappa shape index (κ3) is 4.28. The van der Waals surface area contributed by atoms with Crippen LogP contribution in [0.3, 0.4) is 0 Å². The van der Waals surface area contributed by atoms with Gasteiger partial charge in [-0.05, 0) is 6.92 Å². The number of thiazole rings is 1. The van der Waals surface area contributed by atoms with E-state index < -0.39 is 0 Å². The van der Waals surface area contributed by atoms with Crippen molar-refractivity contribution >= 4 is 17.3 Å². The maximum Gasteiger partial charge on any atom is 0.357 e. The van der Waals surface area contributed by atoms with Gasteiger partial charge in [-0.15, -0.1) is 11.3 Å². The van der Waals surface area contributed by atoms with Crippen molar-refractivity contribution in [3.05, 3.63) is 16.1 Å². The lowest BCUT2D eigenvalue weighted by Gasteiger charge is -2.05. The van der Waals surface area contributed by atoms with E-state index in [1.165, 1.54) is 11.3 Å². The number of hydrogen-bond acceptors (Lipinski definition) is 5. The molecular formula is C11H18N2O2S. The zero-order valence-corrected chi connectivity index (χ0v) is 10.8. The third-order valence-electron chi connectivity index (χ3n) is 1.93. The Balaban J connectivity index is 2.42. The van der Waals surface area contributed by atoms with Gasteiger partial charge in [0, 0.05) is 24.4 Å². The fourth-order valence-corrected chi connectivity index (χ4v) is 1.96. The number of aromatic nitrogens is 1. The van der Waals surface area contributed by atoms with Crippen molar-refractivity contribution in [2.24, 2.45) is 0 Å². The van der Waals surface area contributed by atoms with Crippen LogP contribution in [0.15, 0.2) is 5.38 Å². The molecule has 1 heterocycles. The summed E-state index contributed by atoms with van der Waals surface area (Å²) in [6, 6.07) is 0.476. The summed E-state index contributed by atoms with van der Waals surface area (Å²) >= 11 is 1.50. The minimum atomic E-state index is -0.332. The van der Waals surface area contributed by atoms with Gasteiger partial charge < -0.3 is 10.1 Å². The molecule has 0 saturated heterocycles. The highest BCUT2D eigenvalue weighted by Gasteiger charge is 2.11. The molecule has 0 saturated carbocycles. The summed E-state index contributed by atoms with van der Waals surface area (Å²) in [5.41, 5.74) is 0.423. The van der Waals surface area contributed by atoms with Gasteiger partial charge in [-0.25, -0.2) is 9.78 Å². The molecule has 0 aliphatic rings. The highest BCUT2D eigenvalue weighted by Crippen LogP contribution is 2.11. The second-order valence-corrected chi connectivity index (χ2v) is 4.65. The molecule has 4 nitrogen and oxygen atoms in total. The molecule has 0 atom stereocenters. The van der Waals surface area contributed by atoms with Gasteiger partial charge in [-0.3, -0.25) is 0 Å². The molecule has 0 amide bonds. The Hall–Kier alpha value is -0.940. The molecule has 0 radical (unpaired) electrons. The molecule has 1 aromatic rings. The van der Waals surface area contributed by atoms with Gasteiger partial charge in [0.05, 0.1) is 11.6 Å². The highest BCUT2D eigenvalue weighted by atomic mass is 32.1. The molecule has 0 aromatic carbocycles. The van der Waals surface area contributed by atoms with Crippen LogP contribution in [0.5, 0.6) is 0 Å². The van der Waals surface area contributed by atoms with Gasteiger partial charge in [-0.2, -0.15) is 0 Å². The largest absolute Gasteiger partial charge is 0.461 e. The summed E-state index contributed by atoms with van der Waals surface area (Å²) in [6.45, 7) is 7.27. The SMILES string of the molecule is CCOC(=O)c1csc(CCNC(C)C)n1. The molecule has 0 aliphatic carbocycles. The summed E-state index contributed by atoms with van der Waals surface area (Å²) in [5.74, 6) is -0.332.